The third-order valence-corrected chi connectivity index (χ3v) is 4.19. The molecule has 0 aliphatic rings. The van der Waals surface area contributed by atoms with Gasteiger partial charge in [-0.3, -0.25) is 0 Å². The highest BCUT2D eigenvalue weighted by atomic mass is 35.5. The average molecular weight is 370 g/mol. The highest BCUT2D eigenvalue weighted by Crippen LogP contribution is 2.33. The summed E-state index contributed by atoms with van der Waals surface area (Å²) in [5.41, 5.74) is 10.3. The van der Waals surface area contributed by atoms with Crippen LogP contribution in [0.3, 0.4) is 0 Å². The highest BCUT2D eigenvalue weighted by molar-refractivity contribution is 5.92. The summed E-state index contributed by atoms with van der Waals surface area (Å²) in [4.78, 5) is 3.90. The minimum Gasteiger partial charge on any atom is -0.356 e. The van der Waals surface area contributed by atoms with Crippen molar-refractivity contribution in [1.29, 1.82) is 0 Å². The van der Waals surface area contributed by atoms with E-state index >= 15 is 0 Å². The molecule has 0 saturated carbocycles. The van der Waals surface area contributed by atoms with E-state index in [1.165, 1.54) is 6.07 Å². The second-order valence-corrected chi connectivity index (χ2v) is 5.88. The fourth-order valence-electron chi connectivity index (χ4n) is 3.02. The van der Waals surface area contributed by atoms with Gasteiger partial charge in [0.25, 0.3) is 0 Å². The van der Waals surface area contributed by atoms with E-state index in [4.69, 9.17) is 10.3 Å². The molecule has 0 spiro atoms. The number of fused-ring (bicyclic) bond motifs is 1. The molecule has 0 aliphatic heterocycles. The van der Waals surface area contributed by atoms with Gasteiger partial charge in [0, 0.05) is 29.1 Å². The van der Waals surface area contributed by atoms with Gasteiger partial charge in [0.05, 0.1) is 0 Å². The molecule has 0 unspecified atom stereocenters. The Labute approximate surface area is 156 Å². The third-order valence-electron chi connectivity index (χ3n) is 4.19. The standard InChI is InChI=1S/C20H16FN3O.ClH/c21-19-11-5-6-13(23-19)12-17(22)14-7-1-2-8-15(14)20-16-9-3-4-10-18(16)25-24-20;/h1-11,17H,12,22H2;1H/t17-;/m0./s1. The number of benzene rings is 2. The molecule has 4 rings (SSSR count). The molecular weight excluding hydrogens is 353 g/mol. The maximum atomic E-state index is 13.3. The van der Waals surface area contributed by atoms with E-state index in [0.29, 0.717) is 12.1 Å². The van der Waals surface area contributed by atoms with Crippen LogP contribution in [0.4, 0.5) is 4.39 Å². The normalized spacial score (nSPS) is 11.9. The van der Waals surface area contributed by atoms with Crippen molar-refractivity contribution in [1.82, 2.24) is 10.1 Å². The van der Waals surface area contributed by atoms with Crippen molar-refractivity contribution in [3.05, 3.63) is 83.9 Å². The topological polar surface area (TPSA) is 64.9 Å². The Bertz CT molecular complexity index is 1030. The quantitative estimate of drug-likeness (QED) is 0.530. The molecule has 0 aliphatic carbocycles. The molecule has 0 bridgehead atoms. The van der Waals surface area contributed by atoms with Gasteiger partial charge in [0.15, 0.2) is 5.58 Å². The summed E-state index contributed by atoms with van der Waals surface area (Å²) < 4.78 is 18.7. The monoisotopic (exact) mass is 369 g/mol. The zero-order chi connectivity index (χ0) is 17.2. The molecule has 4 nitrogen and oxygen atoms in total. The summed E-state index contributed by atoms with van der Waals surface area (Å²) in [6.45, 7) is 0. The summed E-state index contributed by atoms with van der Waals surface area (Å²) in [7, 11) is 0. The Hall–Kier alpha value is -2.76. The average Bonchev–Trinajstić information content (AvgIpc) is 3.06. The molecule has 0 saturated heterocycles. The van der Waals surface area contributed by atoms with Crippen LogP contribution in [0.1, 0.15) is 17.3 Å². The summed E-state index contributed by atoms with van der Waals surface area (Å²) in [5, 5.41) is 5.16. The second kappa shape index (κ2) is 7.64. The van der Waals surface area contributed by atoms with E-state index < -0.39 is 5.95 Å². The van der Waals surface area contributed by atoms with Crippen LogP contribution in [-0.2, 0) is 6.42 Å². The van der Waals surface area contributed by atoms with Gasteiger partial charge in [-0.1, -0.05) is 47.6 Å². The van der Waals surface area contributed by atoms with E-state index in [1.807, 2.05) is 48.5 Å². The van der Waals surface area contributed by atoms with Gasteiger partial charge in [0.1, 0.15) is 5.69 Å². The summed E-state index contributed by atoms with van der Waals surface area (Å²) in [6, 6.07) is 19.9. The predicted molar refractivity (Wildman–Crippen MR) is 102 cm³/mol. The largest absolute Gasteiger partial charge is 0.356 e. The van der Waals surface area contributed by atoms with E-state index in [9.17, 15) is 4.39 Å². The minimum atomic E-state index is -0.500. The molecule has 0 amide bonds. The van der Waals surface area contributed by atoms with Gasteiger partial charge in [-0.2, -0.15) is 4.39 Å². The maximum Gasteiger partial charge on any atom is 0.213 e. The van der Waals surface area contributed by atoms with Gasteiger partial charge in [-0.05, 0) is 29.8 Å². The Morgan fingerprint density at radius 2 is 1.73 bits per heavy atom. The zero-order valence-electron chi connectivity index (χ0n) is 13.8. The number of para-hydroxylation sites is 1. The molecule has 0 fully saturated rings. The number of nitrogens with zero attached hydrogens (tertiary/aromatic N) is 2. The molecule has 6 heteroatoms. The molecule has 2 aromatic heterocycles. The van der Waals surface area contributed by atoms with Crippen LogP contribution in [-0.4, -0.2) is 10.1 Å². The summed E-state index contributed by atoms with van der Waals surface area (Å²) in [6.07, 6.45) is 0.435. The number of hydrogen-bond donors (Lipinski definition) is 1. The van der Waals surface area contributed by atoms with Crippen molar-refractivity contribution >= 4 is 23.4 Å². The lowest BCUT2D eigenvalue weighted by Gasteiger charge is -2.15. The Kier molecular flexibility index (Phi) is 5.30. The maximum absolute atomic E-state index is 13.3. The second-order valence-electron chi connectivity index (χ2n) is 5.88. The van der Waals surface area contributed by atoms with Crippen LogP contribution < -0.4 is 5.73 Å². The molecule has 2 N–H and O–H groups in total. The first-order chi connectivity index (χ1) is 12.2. The lowest BCUT2D eigenvalue weighted by Crippen LogP contribution is -2.15. The molecular formula is C20H17ClFN3O. The first-order valence-corrected chi connectivity index (χ1v) is 8.03. The van der Waals surface area contributed by atoms with Crippen molar-refractivity contribution in [3.8, 4) is 11.3 Å². The number of nitrogens with two attached hydrogens (primary N) is 1. The van der Waals surface area contributed by atoms with Crippen LogP contribution in [0.25, 0.3) is 22.2 Å². The molecule has 2 heterocycles. The first kappa shape index (κ1) is 18.0. The molecule has 1 atom stereocenters. The fourth-order valence-corrected chi connectivity index (χ4v) is 3.02. The molecule has 4 aromatic rings. The van der Waals surface area contributed by atoms with Crippen molar-refractivity contribution in [2.45, 2.75) is 12.5 Å². The molecule has 132 valence electrons. The van der Waals surface area contributed by atoms with Crippen molar-refractivity contribution in [3.63, 3.8) is 0 Å². The van der Waals surface area contributed by atoms with E-state index in [-0.39, 0.29) is 18.4 Å². The fraction of sp³-hybridized carbons (Fsp3) is 0.100. The SMILES string of the molecule is Cl.N[C@@H](Cc1cccc(F)n1)c1ccccc1-c1noc2ccccc12. The van der Waals surface area contributed by atoms with Gasteiger partial charge >= 0.3 is 0 Å². The molecule has 26 heavy (non-hydrogen) atoms. The number of halogens is 2. The molecule has 0 radical (unpaired) electrons. The third kappa shape index (κ3) is 3.45. The minimum absolute atomic E-state index is 0. The molecule has 2 aromatic carbocycles. The first-order valence-electron chi connectivity index (χ1n) is 8.03. The van der Waals surface area contributed by atoms with Crippen LogP contribution >= 0.6 is 12.4 Å². The van der Waals surface area contributed by atoms with Crippen molar-refractivity contribution < 1.29 is 8.91 Å². The van der Waals surface area contributed by atoms with Gasteiger partial charge < -0.3 is 10.3 Å². The Morgan fingerprint density at radius 1 is 0.962 bits per heavy atom. The summed E-state index contributed by atoms with van der Waals surface area (Å²) in [5.74, 6) is -0.500. The Morgan fingerprint density at radius 3 is 2.58 bits per heavy atom. The van der Waals surface area contributed by atoms with Gasteiger partial charge in [0.2, 0.25) is 5.95 Å². The van der Waals surface area contributed by atoms with Gasteiger partial charge in [-0.15, -0.1) is 12.4 Å². The lowest BCUT2D eigenvalue weighted by atomic mass is 9.94. The van der Waals surface area contributed by atoms with Crippen LogP contribution in [0.5, 0.6) is 0 Å². The predicted octanol–water partition coefficient (Wildman–Crippen LogP) is 4.69. The number of aromatic nitrogens is 2. The van der Waals surface area contributed by atoms with E-state index in [2.05, 4.69) is 10.1 Å². The van der Waals surface area contributed by atoms with Crippen LogP contribution in [0.15, 0.2) is 71.3 Å². The van der Waals surface area contributed by atoms with Crippen molar-refractivity contribution in [2.24, 2.45) is 5.73 Å². The zero-order valence-corrected chi connectivity index (χ0v) is 14.6. The van der Waals surface area contributed by atoms with E-state index in [0.717, 1.165) is 27.8 Å². The number of rotatable bonds is 4. The Balaban J connectivity index is 0.00000196. The highest BCUT2D eigenvalue weighted by Gasteiger charge is 2.18. The van der Waals surface area contributed by atoms with E-state index in [1.54, 1.807) is 12.1 Å². The number of hydrogen-bond acceptors (Lipinski definition) is 4. The van der Waals surface area contributed by atoms with Crippen LogP contribution in [0.2, 0.25) is 0 Å². The lowest BCUT2D eigenvalue weighted by molar-refractivity contribution is 0.459. The smallest absolute Gasteiger partial charge is 0.213 e. The number of pyridine rings is 1. The van der Waals surface area contributed by atoms with Crippen LogP contribution in [0, 0.1) is 5.95 Å². The summed E-state index contributed by atoms with van der Waals surface area (Å²) >= 11 is 0. The van der Waals surface area contributed by atoms with Crippen molar-refractivity contribution in [2.75, 3.05) is 0 Å². The van der Waals surface area contributed by atoms with Gasteiger partial charge in [-0.25, -0.2) is 4.98 Å².